The van der Waals surface area contributed by atoms with Crippen LogP contribution in [0.4, 0.5) is 14.9 Å². The maximum atomic E-state index is 15.2. The summed E-state index contributed by atoms with van der Waals surface area (Å²) in [4.78, 5) is 32.4. The van der Waals surface area contributed by atoms with E-state index in [2.05, 4.69) is 16.0 Å². The molecule has 244 valence electrons. The largest absolute Gasteiger partial charge is 0.481 e. The second-order valence-electron chi connectivity index (χ2n) is 12.1. The van der Waals surface area contributed by atoms with Crippen LogP contribution < -0.4 is 15.8 Å². The van der Waals surface area contributed by atoms with E-state index in [0.29, 0.717) is 35.2 Å². The minimum atomic E-state index is -0.869. The number of methoxy groups -OCH3 is 1. The molecule has 2 aromatic carbocycles. The highest BCUT2D eigenvalue weighted by molar-refractivity contribution is 6.30. The second-order valence-corrected chi connectivity index (χ2v) is 12.5. The van der Waals surface area contributed by atoms with Gasteiger partial charge in [-0.1, -0.05) is 35.9 Å². The van der Waals surface area contributed by atoms with Gasteiger partial charge < -0.3 is 25.3 Å². The van der Waals surface area contributed by atoms with Crippen molar-refractivity contribution < 1.29 is 28.2 Å². The van der Waals surface area contributed by atoms with Crippen molar-refractivity contribution >= 4 is 29.3 Å². The Labute approximate surface area is 270 Å². The van der Waals surface area contributed by atoms with E-state index in [1.807, 2.05) is 18.2 Å². The van der Waals surface area contributed by atoms with Crippen molar-refractivity contribution in [1.82, 2.24) is 9.88 Å². The summed E-state index contributed by atoms with van der Waals surface area (Å²) >= 11 is 6.11. The number of nitrogens with zero attached hydrogens (tertiary/aromatic N) is 2. The fourth-order valence-corrected chi connectivity index (χ4v) is 5.37. The van der Waals surface area contributed by atoms with E-state index in [0.717, 1.165) is 11.1 Å². The van der Waals surface area contributed by atoms with Gasteiger partial charge in [-0.2, -0.15) is 0 Å². The van der Waals surface area contributed by atoms with Gasteiger partial charge in [0.2, 0.25) is 11.8 Å². The van der Waals surface area contributed by atoms with Crippen molar-refractivity contribution in [1.29, 1.82) is 0 Å². The smallest absolute Gasteiger partial charge is 0.412 e. The molecule has 2 amide bonds. The molecule has 1 aliphatic heterocycles. The third-order valence-electron chi connectivity index (χ3n) is 7.32. The van der Waals surface area contributed by atoms with Gasteiger partial charge in [0.05, 0.1) is 19.8 Å². The Balaban J connectivity index is 0.00000271. The molecule has 2 unspecified atom stereocenters. The molecule has 1 saturated heterocycles. The molecule has 0 aliphatic carbocycles. The van der Waals surface area contributed by atoms with Crippen LogP contribution in [0, 0.1) is 5.82 Å². The predicted molar refractivity (Wildman–Crippen MR) is 174 cm³/mol. The normalized spacial score (nSPS) is 16.3. The lowest BCUT2D eigenvalue weighted by molar-refractivity contribution is -0.116. The topological polar surface area (TPSA) is 116 Å². The molecule has 4 rings (SSSR count). The number of amides is 2. The van der Waals surface area contributed by atoms with Gasteiger partial charge in [0.25, 0.3) is 0 Å². The van der Waals surface area contributed by atoms with Gasteiger partial charge in [-0.15, -0.1) is 0 Å². The number of nitrogens with one attached hydrogen (secondary N) is 1. The Bertz CT molecular complexity index is 1430. The van der Waals surface area contributed by atoms with E-state index in [1.165, 1.54) is 13.1 Å². The Morgan fingerprint density at radius 2 is 1.80 bits per heavy atom. The molecule has 1 aromatic heterocycles. The number of halogens is 2. The summed E-state index contributed by atoms with van der Waals surface area (Å²) in [6.45, 7) is 9.33. The molecule has 9 nitrogen and oxygen atoms in total. The molecule has 1 fully saturated rings. The van der Waals surface area contributed by atoms with E-state index in [9.17, 15) is 9.59 Å². The zero-order valence-corrected chi connectivity index (χ0v) is 27.8. The van der Waals surface area contributed by atoms with E-state index in [4.69, 9.17) is 25.8 Å². The third-order valence-corrected chi connectivity index (χ3v) is 7.57. The van der Waals surface area contributed by atoms with Crippen LogP contribution in [0.1, 0.15) is 70.1 Å². The molecule has 3 aromatic rings. The quantitative estimate of drug-likeness (QED) is 0.260. The predicted octanol–water partition coefficient (Wildman–Crippen LogP) is 6.92. The Hall–Kier alpha value is -3.73. The number of carbonyl (C=O) groups excluding carboxylic acids is 2. The third kappa shape index (κ3) is 9.63. The number of hydrogen-bond acceptors (Lipinski definition) is 7. The van der Waals surface area contributed by atoms with E-state index in [-0.39, 0.29) is 30.7 Å². The van der Waals surface area contributed by atoms with Crippen molar-refractivity contribution in [3.05, 3.63) is 88.3 Å². The van der Waals surface area contributed by atoms with Crippen molar-refractivity contribution in [2.45, 2.75) is 77.2 Å². The first kappa shape index (κ1) is 35.7. The van der Waals surface area contributed by atoms with Crippen LogP contribution in [0.2, 0.25) is 5.02 Å². The van der Waals surface area contributed by atoms with E-state index >= 15 is 4.39 Å². The maximum absolute atomic E-state index is 15.2. The van der Waals surface area contributed by atoms with Gasteiger partial charge in [0.1, 0.15) is 17.1 Å². The van der Waals surface area contributed by atoms with Crippen LogP contribution in [0.5, 0.6) is 5.88 Å². The van der Waals surface area contributed by atoms with E-state index < -0.39 is 23.2 Å². The van der Waals surface area contributed by atoms with Crippen LogP contribution in [0.15, 0.2) is 60.8 Å². The van der Waals surface area contributed by atoms with Crippen molar-refractivity contribution in [3.8, 4) is 5.88 Å². The number of pyridine rings is 1. The van der Waals surface area contributed by atoms with Gasteiger partial charge in [-0.25, -0.2) is 14.2 Å². The number of rotatable bonds is 9. The highest BCUT2D eigenvalue weighted by Gasteiger charge is 2.45. The van der Waals surface area contributed by atoms with Crippen LogP contribution in [0.3, 0.4) is 0 Å². The fourth-order valence-electron chi connectivity index (χ4n) is 5.25. The second kappa shape index (κ2) is 15.5. The molecule has 3 N–H and O–H groups in total. The number of anilines is 1. The molecular weight excluding hydrogens is 599 g/mol. The molecule has 2 atom stereocenters. The minimum Gasteiger partial charge on any atom is -0.481 e. The number of carbonyl (C=O) groups is 2. The van der Waals surface area contributed by atoms with Gasteiger partial charge in [-0.05, 0) is 89.9 Å². The van der Waals surface area contributed by atoms with Gasteiger partial charge in [-0.3, -0.25) is 9.69 Å². The summed E-state index contributed by atoms with van der Waals surface area (Å²) in [7, 11) is 3.04. The first-order valence-electron chi connectivity index (χ1n) is 14.8. The van der Waals surface area contributed by atoms with Crippen LogP contribution >= 0.6 is 11.6 Å². The Kier molecular flexibility index (Phi) is 12.3. The number of nitrogens with two attached hydrogens (primary N) is 1. The summed E-state index contributed by atoms with van der Waals surface area (Å²) < 4.78 is 31.9. The summed E-state index contributed by atoms with van der Waals surface area (Å²) in [6, 6.07) is 15.2. The number of hydrogen-bond donors (Lipinski definition) is 2. The molecule has 0 bridgehead atoms. The van der Waals surface area contributed by atoms with Gasteiger partial charge >= 0.3 is 6.09 Å². The monoisotopic (exact) mass is 642 g/mol. The van der Waals surface area contributed by atoms with E-state index in [1.54, 1.807) is 83.2 Å². The van der Waals surface area contributed by atoms with Crippen molar-refractivity contribution in [2.75, 3.05) is 26.1 Å². The fraction of sp³-hybridized carbons (Fsp3) is 0.441. The van der Waals surface area contributed by atoms with Crippen LogP contribution in [0.25, 0.3) is 0 Å². The molecule has 2 heterocycles. The molecule has 45 heavy (non-hydrogen) atoms. The Morgan fingerprint density at radius 1 is 1.13 bits per heavy atom. The molecule has 0 saturated carbocycles. The van der Waals surface area contributed by atoms with Crippen molar-refractivity contribution in [2.24, 2.45) is 5.73 Å². The average molecular weight is 643 g/mol. The minimum absolute atomic E-state index is 0.0860. The lowest BCUT2D eigenvalue weighted by Gasteiger charge is -2.35. The van der Waals surface area contributed by atoms with Crippen LogP contribution in [-0.2, 0) is 20.7 Å². The molecule has 0 radical (unpaired) electrons. The first-order chi connectivity index (χ1) is 21.3. The summed E-state index contributed by atoms with van der Waals surface area (Å²) in [5.41, 5.74) is 5.41. The number of benzene rings is 2. The maximum Gasteiger partial charge on any atom is 0.412 e. The molecule has 0 spiro atoms. The standard InChI is InChI=1S/C33H39ClFN3O5.CH5N/c1-32(2,3)43-31(40)38-24(20-42-33(38,4)5)15-16-25-27(35)8-7-9-28(25)37-29(39)18-26(21-10-13-23(34)14-11-21)22-12-17-30(41-6)36-19-22;1-2/h7-14,17,19,24,26H,15-16,18,20H2,1-6H3,(H,37,39);2H2,1H3. The summed E-state index contributed by atoms with van der Waals surface area (Å²) in [5, 5.41) is 3.51. The first-order valence-corrected chi connectivity index (χ1v) is 15.2. The zero-order chi connectivity index (χ0) is 33.4. The lowest BCUT2D eigenvalue weighted by atomic mass is 9.89. The highest BCUT2D eigenvalue weighted by Crippen LogP contribution is 2.34. The van der Waals surface area contributed by atoms with Gasteiger partial charge in [0, 0.05) is 40.9 Å². The summed E-state index contributed by atoms with van der Waals surface area (Å²) in [6.07, 6.45) is 1.97. The molecule has 11 heteroatoms. The zero-order valence-electron chi connectivity index (χ0n) is 27.0. The molecule has 1 aliphatic rings. The summed E-state index contributed by atoms with van der Waals surface area (Å²) in [5.74, 6) is -0.585. The molecular formula is C34H44ClFN4O5. The Morgan fingerprint density at radius 3 is 2.40 bits per heavy atom. The lowest BCUT2D eigenvalue weighted by Crippen LogP contribution is -2.50. The number of aromatic nitrogens is 1. The average Bonchev–Trinajstić information content (AvgIpc) is 3.30. The van der Waals surface area contributed by atoms with Crippen molar-refractivity contribution in [3.63, 3.8) is 0 Å². The highest BCUT2D eigenvalue weighted by atomic mass is 35.5. The van der Waals surface area contributed by atoms with Crippen LogP contribution in [-0.4, -0.2) is 60.0 Å². The van der Waals surface area contributed by atoms with Gasteiger partial charge in [0.15, 0.2) is 0 Å². The number of ether oxygens (including phenoxy) is 3. The SMILES string of the molecule is CN.COc1ccc(C(CC(=O)Nc2cccc(F)c2CCC2COC(C)(C)N2C(=O)OC(C)(C)C)c2ccc(Cl)cc2)cn1.